The minimum atomic E-state index is -4.31. The molecule has 10 aliphatic rings. The second-order valence-corrected chi connectivity index (χ2v) is 24.1. The van der Waals surface area contributed by atoms with Gasteiger partial charge in [0.1, 0.15) is 12.3 Å². The maximum absolute atomic E-state index is 15.6. The lowest BCUT2D eigenvalue weighted by Crippen LogP contribution is -2.62. The number of alkyl halides is 3. The molecule has 0 aromatic heterocycles. The summed E-state index contributed by atoms with van der Waals surface area (Å²) in [6.07, 6.45) is 8.79. The number of ether oxygens (including phenoxy) is 3. The van der Waals surface area contributed by atoms with Crippen LogP contribution in [0.1, 0.15) is 124 Å². The monoisotopic (exact) mass is 976 g/mol. The Balaban J connectivity index is 0.700. The molecule has 16 atom stereocenters. The lowest BCUT2D eigenvalue weighted by Gasteiger charge is -2.47. The van der Waals surface area contributed by atoms with Gasteiger partial charge in [0, 0.05) is 74.5 Å². The fraction of sp³-hybridized carbons (Fsp3) is 0.939. The SMILES string of the molecule is COC1CC(OC2CCC(NC(=O)C3CCC(N4CCC5(CCN(C6CCC(C7=NC(CC8NCCO8)C8NNC(C)N8C8SC(C)C(C)C78)C(C(F)(F)F)C6)CC5)C4)NN3)CC2)CCC1C#N. The zero-order chi connectivity index (χ0) is 47.3. The van der Waals surface area contributed by atoms with Crippen LogP contribution < -0.4 is 32.3 Å². The molecular weight excluding hydrogens is 896 g/mol. The van der Waals surface area contributed by atoms with Gasteiger partial charge in [-0.1, -0.05) is 13.8 Å². The van der Waals surface area contributed by atoms with Crippen molar-refractivity contribution in [1.29, 1.82) is 5.26 Å². The van der Waals surface area contributed by atoms with E-state index in [1.165, 1.54) is 0 Å². The number of carbonyl (C=O) groups excluding carboxylic acids is 1. The highest BCUT2D eigenvalue weighted by atomic mass is 32.2. The van der Waals surface area contributed by atoms with E-state index in [9.17, 15) is 10.1 Å². The van der Waals surface area contributed by atoms with E-state index in [4.69, 9.17) is 19.2 Å². The Morgan fingerprint density at radius 2 is 1.71 bits per heavy atom. The molecule has 0 radical (unpaired) electrons. The fourth-order valence-electron chi connectivity index (χ4n) is 14.5. The number of halogens is 3. The Bertz CT molecular complexity index is 1800. The first-order chi connectivity index (χ1) is 32.8. The molecule has 0 bridgehead atoms. The number of hydrazine groups is 2. The van der Waals surface area contributed by atoms with E-state index in [1.807, 2.05) is 11.8 Å². The van der Waals surface area contributed by atoms with Gasteiger partial charge in [0.2, 0.25) is 5.91 Å². The van der Waals surface area contributed by atoms with Crippen LogP contribution in [0.25, 0.3) is 0 Å². The van der Waals surface area contributed by atoms with Crippen molar-refractivity contribution in [3.63, 3.8) is 0 Å². The number of aliphatic imine (C=N–C) groups is 1. The van der Waals surface area contributed by atoms with Crippen molar-refractivity contribution >= 4 is 23.4 Å². The van der Waals surface area contributed by atoms with Crippen molar-refractivity contribution in [2.45, 2.75) is 208 Å². The van der Waals surface area contributed by atoms with Crippen LogP contribution in [0.15, 0.2) is 4.99 Å². The molecule has 0 aromatic rings. The molecule has 19 heteroatoms. The summed E-state index contributed by atoms with van der Waals surface area (Å²) < 4.78 is 64.8. The lowest BCUT2D eigenvalue weighted by molar-refractivity contribution is -0.195. The van der Waals surface area contributed by atoms with Gasteiger partial charge in [-0.25, -0.2) is 21.7 Å². The predicted molar refractivity (Wildman–Crippen MR) is 254 cm³/mol. The highest BCUT2D eigenvalue weighted by Gasteiger charge is 2.58. The number of piperidine rings is 1. The predicted octanol–water partition coefficient (Wildman–Crippen LogP) is 4.81. The molecular formula is C49H80F3N11O4S. The molecule has 15 nitrogen and oxygen atoms in total. The topological polar surface area (TPSA) is 163 Å². The van der Waals surface area contributed by atoms with Crippen molar-refractivity contribution < 1.29 is 32.2 Å². The Kier molecular flexibility index (Phi) is 15.4. The standard InChI is InChI=1S/C49H80F3N11O4S/c1-28-29(2)68-47-43(28)44(56-39(25-42-54-18-22-66-42)45-60-57-30(3)63(45)47)36-12-8-33(23-37(36)49(50,51)52)61-19-15-48(16-20-61)17-21-62(27-48)41-14-13-38(58-59-41)46(64)55-32-6-10-34(11-7-32)67-35-9-5-31(26-53)40(24-35)65-4/h28-43,45,47,54,57-60H,5-25,27H2,1-4H3,(H,55,64). The second kappa shape index (κ2) is 21.0. The first-order valence-electron chi connectivity index (χ1n) is 26.6. The quantitative estimate of drug-likeness (QED) is 0.177. The molecule has 68 heavy (non-hydrogen) atoms. The molecule has 6 N–H and O–H groups in total. The van der Waals surface area contributed by atoms with E-state index in [1.54, 1.807) is 7.11 Å². The fourth-order valence-corrected chi connectivity index (χ4v) is 16.4. The van der Waals surface area contributed by atoms with E-state index >= 15 is 13.2 Å². The number of likely N-dealkylation sites (tertiary alicyclic amines) is 2. The van der Waals surface area contributed by atoms with Crippen LogP contribution in [0.3, 0.4) is 0 Å². The van der Waals surface area contributed by atoms with Crippen LogP contribution in [0.2, 0.25) is 0 Å². The number of nitrogens with one attached hydrogen (secondary N) is 6. The average Bonchev–Trinajstić information content (AvgIpc) is 4.14. The molecule has 16 unspecified atom stereocenters. The second-order valence-electron chi connectivity index (χ2n) is 22.6. The molecule has 0 aromatic carbocycles. The number of amides is 1. The molecule has 7 aliphatic heterocycles. The van der Waals surface area contributed by atoms with Gasteiger partial charge in [-0.15, -0.1) is 11.8 Å². The summed E-state index contributed by atoms with van der Waals surface area (Å²) in [6, 6.07) is 1.94. The van der Waals surface area contributed by atoms with Crippen molar-refractivity contribution in [2.24, 2.45) is 40.0 Å². The number of rotatable bonds is 10. The van der Waals surface area contributed by atoms with Crippen molar-refractivity contribution in [2.75, 3.05) is 46.4 Å². The number of thioether (sulfide) groups is 1. The van der Waals surface area contributed by atoms with Crippen molar-refractivity contribution in [3.05, 3.63) is 0 Å². The Morgan fingerprint density at radius 1 is 0.941 bits per heavy atom. The maximum atomic E-state index is 15.6. The van der Waals surface area contributed by atoms with Crippen LogP contribution in [-0.2, 0) is 19.0 Å². The number of nitriles is 1. The highest BCUT2D eigenvalue weighted by molar-refractivity contribution is 8.00. The Labute approximate surface area is 406 Å². The normalized spacial score (nSPS) is 45.1. The van der Waals surface area contributed by atoms with Crippen LogP contribution in [0, 0.1) is 46.3 Å². The summed E-state index contributed by atoms with van der Waals surface area (Å²) in [4.78, 5) is 26.3. The Morgan fingerprint density at radius 3 is 2.40 bits per heavy atom. The molecule has 7 heterocycles. The maximum Gasteiger partial charge on any atom is 0.392 e. The molecule has 3 aliphatic carbocycles. The lowest BCUT2D eigenvalue weighted by atomic mass is 9.68. The van der Waals surface area contributed by atoms with E-state index in [-0.39, 0.29) is 108 Å². The van der Waals surface area contributed by atoms with Gasteiger partial charge < -0.3 is 24.4 Å². The zero-order valence-corrected chi connectivity index (χ0v) is 41.7. The third-order valence-corrected chi connectivity index (χ3v) is 20.4. The number of fused-ring (bicyclic) bond motifs is 3. The van der Waals surface area contributed by atoms with Gasteiger partial charge in [0.25, 0.3) is 0 Å². The Hall–Kier alpha value is -1.67. The number of carbonyl (C=O) groups is 1. The number of hydrogen-bond donors (Lipinski definition) is 6. The summed E-state index contributed by atoms with van der Waals surface area (Å²) in [5.74, 6) is -1.85. The third kappa shape index (κ3) is 10.4. The van der Waals surface area contributed by atoms with Gasteiger partial charge in [0.05, 0.1) is 72.7 Å². The zero-order valence-electron chi connectivity index (χ0n) is 40.9. The highest BCUT2D eigenvalue weighted by Crippen LogP contribution is 2.54. The summed E-state index contributed by atoms with van der Waals surface area (Å²) in [7, 11) is 1.68. The molecule has 6 saturated heterocycles. The largest absolute Gasteiger partial charge is 0.392 e. The average molecular weight is 976 g/mol. The molecule has 9 fully saturated rings. The summed E-state index contributed by atoms with van der Waals surface area (Å²) in [5.41, 5.74) is 14.8. The van der Waals surface area contributed by atoms with Crippen LogP contribution >= 0.6 is 11.8 Å². The minimum absolute atomic E-state index is 0.0394. The first kappa shape index (κ1) is 49.9. The van der Waals surface area contributed by atoms with Crippen LogP contribution in [0.5, 0.6) is 0 Å². The number of hydrogen-bond acceptors (Lipinski definition) is 15. The molecule has 10 rings (SSSR count). The smallest absolute Gasteiger partial charge is 0.380 e. The van der Waals surface area contributed by atoms with Gasteiger partial charge in [-0.05, 0) is 121 Å². The summed E-state index contributed by atoms with van der Waals surface area (Å²) in [6.45, 7) is 11.7. The molecule has 1 amide bonds. The van der Waals surface area contributed by atoms with Crippen molar-refractivity contribution in [3.8, 4) is 6.07 Å². The number of methoxy groups -OCH3 is 1. The molecule has 1 spiro atoms. The van der Waals surface area contributed by atoms with E-state index in [2.05, 4.69) is 73.9 Å². The minimum Gasteiger partial charge on any atom is -0.380 e. The van der Waals surface area contributed by atoms with Gasteiger partial charge >= 0.3 is 6.18 Å². The molecule has 3 saturated carbocycles. The van der Waals surface area contributed by atoms with Gasteiger partial charge in [-0.2, -0.15) is 18.4 Å². The van der Waals surface area contributed by atoms with Crippen molar-refractivity contribution in [1.82, 2.24) is 47.0 Å². The van der Waals surface area contributed by atoms with E-state index in [0.717, 1.165) is 122 Å². The van der Waals surface area contributed by atoms with Crippen LogP contribution in [-0.4, -0.2) is 157 Å². The number of nitrogens with zero attached hydrogens (tertiary/aromatic N) is 5. The van der Waals surface area contributed by atoms with Crippen LogP contribution in [0.4, 0.5) is 13.2 Å². The first-order valence-corrected chi connectivity index (χ1v) is 27.5. The summed E-state index contributed by atoms with van der Waals surface area (Å²) in [5, 5.41) is 16.6. The summed E-state index contributed by atoms with van der Waals surface area (Å²) >= 11 is 1.92. The third-order valence-electron chi connectivity index (χ3n) is 18.7. The van der Waals surface area contributed by atoms with E-state index in [0.29, 0.717) is 24.7 Å². The molecule has 382 valence electrons. The van der Waals surface area contributed by atoms with Gasteiger partial charge in [-0.3, -0.25) is 24.9 Å². The van der Waals surface area contributed by atoms with Gasteiger partial charge in [0.15, 0.2) is 0 Å². The van der Waals surface area contributed by atoms with E-state index < -0.39 is 18.0 Å².